The first-order chi connectivity index (χ1) is 35.8. The van der Waals surface area contributed by atoms with E-state index in [0.29, 0.717) is 52.6 Å². The van der Waals surface area contributed by atoms with Gasteiger partial charge in [0.25, 0.3) is 0 Å². The maximum absolute atomic E-state index is 7.13. The van der Waals surface area contributed by atoms with Gasteiger partial charge in [-0.3, -0.25) is 39.9 Å². The fourth-order valence-electron chi connectivity index (χ4n) is 5.41. The molecule has 0 spiro atoms. The van der Waals surface area contributed by atoms with Gasteiger partial charge < -0.3 is 40.6 Å². The van der Waals surface area contributed by atoms with Crippen LogP contribution in [0.1, 0.15) is 130 Å². The van der Waals surface area contributed by atoms with Crippen LogP contribution in [-0.4, -0.2) is 118 Å². The minimum Gasteiger partial charge on any atom is -0.753 e. The molecule has 0 aliphatic carbocycles. The number of unbranched alkanes of at least 4 members (excludes halogenated alkanes) is 4. The Hall–Kier alpha value is -5.28. The van der Waals surface area contributed by atoms with Gasteiger partial charge in [-0.2, -0.15) is 20.6 Å². The molecule has 0 aliphatic rings. The Balaban J connectivity index is -0.000000551. The van der Waals surface area contributed by atoms with Gasteiger partial charge >= 0.3 is 34.1 Å². The molecule has 0 aliphatic heterocycles. The summed E-state index contributed by atoms with van der Waals surface area (Å²) in [4.78, 5) is 36.0. The number of aliphatic imine (C=N–C) groups is 4. The number of pyridine rings is 4. The van der Waals surface area contributed by atoms with E-state index in [1.165, 1.54) is 20.6 Å². The molecule has 0 saturated carbocycles. The number of aromatic nitrogens is 4. The third kappa shape index (κ3) is 41.9. The first kappa shape index (κ1) is 77.2. The van der Waals surface area contributed by atoms with E-state index in [1.807, 2.05) is 48.5 Å². The zero-order valence-corrected chi connectivity index (χ0v) is 50.4. The second-order valence-electron chi connectivity index (χ2n) is 16.9. The Kier molecular flexibility index (Phi) is 54.0. The fraction of sp³-hybridized carbons (Fsp3) is 0.481. The molecule has 0 unspecified atom stereocenters. The number of isothiocyanates is 4. The Bertz CT molecular complexity index is 2050. The largest absolute Gasteiger partial charge is 2.00 e. The molecule has 22 heteroatoms. The molecule has 4 rings (SSSR count). The number of hydrogen-bond donors (Lipinski definition) is 0. The van der Waals surface area contributed by atoms with Crippen LogP contribution in [-0.2, 0) is 34.1 Å². The molecule has 412 valence electrons. The van der Waals surface area contributed by atoms with E-state index in [1.54, 1.807) is 49.6 Å². The van der Waals surface area contributed by atoms with Gasteiger partial charge in [0.15, 0.2) is 0 Å². The van der Waals surface area contributed by atoms with Gasteiger partial charge in [0.2, 0.25) is 0 Å². The van der Waals surface area contributed by atoms with Crippen LogP contribution in [0.15, 0.2) is 93.3 Å². The molecule has 0 radical (unpaired) electrons. The minimum absolute atomic E-state index is 0. The van der Waals surface area contributed by atoms with E-state index < -0.39 is 0 Å². The quantitative estimate of drug-likeness (QED) is 0.0224. The summed E-state index contributed by atoms with van der Waals surface area (Å²) in [5.74, 6) is 3.12. The maximum atomic E-state index is 7.13. The van der Waals surface area contributed by atoms with E-state index >= 15 is 0 Å². The van der Waals surface area contributed by atoms with Gasteiger partial charge in [-0.25, -0.2) is 0 Å². The number of ether oxygens (including phenoxy) is 4. The van der Waals surface area contributed by atoms with Crippen LogP contribution in [0, 0.1) is 10.8 Å². The SMILES string of the molecule is CCCCOc1cccnc1C=NCC(C)(C)CN=Cc1ncccc1OCCCC.CCCCOc1cccnc1C=NCC(C)(C)CN=Cc1ncccc1OCCCC.[Fe+2].[Fe+2].[N-]=C=S.[N-]=C=S.[N-]=C=S.[N-]=C=S. The molecular formula is C54H72Fe2N12O4S4. The first-order valence-electron chi connectivity index (χ1n) is 24.1. The summed E-state index contributed by atoms with van der Waals surface area (Å²) in [6, 6.07) is 15.3. The minimum atomic E-state index is -0.0942. The average Bonchev–Trinajstić information content (AvgIpc) is 3.37. The Morgan fingerprint density at radius 3 is 0.776 bits per heavy atom. The molecular weight excluding hydrogens is 1120 g/mol. The van der Waals surface area contributed by atoms with Crippen molar-refractivity contribution in [3.63, 3.8) is 0 Å². The molecule has 0 atom stereocenters. The maximum Gasteiger partial charge on any atom is 2.00 e. The van der Waals surface area contributed by atoms with E-state index in [4.69, 9.17) is 40.6 Å². The molecule has 0 saturated heterocycles. The summed E-state index contributed by atoms with van der Waals surface area (Å²) in [6.07, 6.45) is 22.7. The fourth-order valence-corrected chi connectivity index (χ4v) is 5.41. The predicted molar refractivity (Wildman–Crippen MR) is 320 cm³/mol. The zero-order valence-electron chi connectivity index (χ0n) is 44.9. The Labute approximate surface area is 494 Å². The van der Waals surface area contributed by atoms with Gasteiger partial charge in [0.05, 0.1) is 51.3 Å². The number of rotatable bonds is 28. The van der Waals surface area contributed by atoms with Crippen molar-refractivity contribution >= 4 is 94.4 Å². The summed E-state index contributed by atoms with van der Waals surface area (Å²) < 4.78 is 23.3. The van der Waals surface area contributed by atoms with Gasteiger partial charge in [0.1, 0.15) is 45.8 Å². The summed E-state index contributed by atoms with van der Waals surface area (Å²) in [7, 11) is 0. The van der Waals surface area contributed by atoms with Crippen LogP contribution in [0.4, 0.5) is 0 Å². The van der Waals surface area contributed by atoms with Crippen LogP contribution < -0.4 is 18.9 Å². The van der Waals surface area contributed by atoms with E-state index in [0.717, 1.165) is 97.1 Å². The topological polar surface area (TPSA) is 227 Å². The third-order valence-corrected chi connectivity index (χ3v) is 9.15. The molecule has 0 amide bonds. The van der Waals surface area contributed by atoms with Crippen molar-refractivity contribution in [3.8, 4) is 23.0 Å². The molecule has 0 fully saturated rings. The van der Waals surface area contributed by atoms with E-state index in [-0.39, 0.29) is 45.0 Å². The van der Waals surface area contributed by atoms with Crippen molar-refractivity contribution in [2.75, 3.05) is 52.6 Å². The number of nitrogens with zero attached hydrogens (tertiary/aromatic N) is 12. The standard InChI is InChI=1S/2C25H36N4O2.4CNS.2Fe/c2*1-5-7-15-30-23-11-9-13-28-21(23)17-26-19-25(3,4)20-27-18-22-24(12-10-14-29-22)31-16-8-6-2;4*2-1-3;;/h2*9-14,17-18H,5-8,15-16,19-20H2,1-4H3;;;;;;/q;;4*-1;2*+2. The van der Waals surface area contributed by atoms with Crippen LogP contribution in [0.5, 0.6) is 23.0 Å². The summed E-state index contributed by atoms with van der Waals surface area (Å²) in [5, 5.41) is 33.9. The molecule has 0 bridgehead atoms. The second-order valence-corrected chi connectivity index (χ2v) is 17.7. The van der Waals surface area contributed by atoms with Crippen LogP contribution in [0.25, 0.3) is 21.6 Å². The molecule has 4 aromatic heterocycles. The van der Waals surface area contributed by atoms with E-state index in [9.17, 15) is 0 Å². The van der Waals surface area contributed by atoms with Crippen LogP contribution in [0.2, 0.25) is 0 Å². The van der Waals surface area contributed by atoms with Gasteiger partial charge in [-0.15, -0.1) is 0 Å². The van der Waals surface area contributed by atoms with E-state index in [2.05, 4.69) is 144 Å². The third-order valence-electron chi connectivity index (χ3n) is 9.15. The molecule has 0 aromatic carbocycles. The first-order valence-corrected chi connectivity index (χ1v) is 25.8. The molecule has 4 heterocycles. The predicted octanol–water partition coefficient (Wildman–Crippen LogP) is 13.4. The van der Waals surface area contributed by atoms with Crippen LogP contribution >= 0.6 is 48.9 Å². The summed E-state index contributed by atoms with van der Waals surface area (Å²) >= 11 is 14.8. The van der Waals surface area contributed by atoms with Crippen molar-refractivity contribution in [1.29, 1.82) is 0 Å². The monoisotopic (exact) mass is 1190 g/mol. The van der Waals surface area contributed by atoms with Gasteiger partial charge in [-0.05, 0) is 74.2 Å². The molecule has 76 heavy (non-hydrogen) atoms. The Morgan fingerprint density at radius 1 is 0.421 bits per heavy atom. The Morgan fingerprint density at radius 2 is 0.605 bits per heavy atom. The molecule has 4 aromatic rings. The van der Waals surface area contributed by atoms with Crippen molar-refractivity contribution in [2.45, 2.75) is 107 Å². The van der Waals surface area contributed by atoms with Crippen molar-refractivity contribution < 1.29 is 53.1 Å². The number of hydrogen-bond acceptors (Lipinski definition) is 16. The average molecular weight is 1190 g/mol. The van der Waals surface area contributed by atoms with Crippen molar-refractivity contribution in [3.05, 3.63) is 118 Å². The second kappa shape index (κ2) is 53.1. The zero-order chi connectivity index (χ0) is 55.6. The molecule has 16 nitrogen and oxygen atoms in total. The summed E-state index contributed by atoms with van der Waals surface area (Å²) in [5.41, 5.74) is 2.87. The number of thiocarbonyl (C=S) groups is 4. The van der Waals surface area contributed by atoms with Gasteiger partial charge in [0, 0.05) is 61.8 Å². The van der Waals surface area contributed by atoms with Crippen LogP contribution in [0.3, 0.4) is 0 Å². The van der Waals surface area contributed by atoms with Gasteiger partial charge in [-0.1, -0.05) is 130 Å². The normalized spacial score (nSPS) is 10.2. The smallest absolute Gasteiger partial charge is 0.753 e. The van der Waals surface area contributed by atoms with Crippen molar-refractivity contribution in [2.24, 2.45) is 30.8 Å². The summed E-state index contributed by atoms with van der Waals surface area (Å²) in [6.45, 7) is 22.5. The molecule has 0 N–H and O–H groups in total. The van der Waals surface area contributed by atoms with Crippen molar-refractivity contribution in [1.82, 2.24) is 19.9 Å².